The Labute approximate surface area is 243 Å². The Bertz CT molecular complexity index is 1510. The van der Waals surface area contributed by atoms with E-state index in [9.17, 15) is 36.2 Å². The molecule has 9 nitrogen and oxygen atoms in total. The minimum Gasteiger partial charge on any atom is -0.476 e. The van der Waals surface area contributed by atoms with Gasteiger partial charge < -0.3 is 19.7 Å². The number of aliphatic carboxylic acids is 1. The number of halogens is 7. The first-order valence-electron chi connectivity index (χ1n) is 11.9. The standard InChI is InChI=1S/C25H19ClF3N3O4.C2HF3O2/c26-19-9-3-16(4-10-19)14-21(35-23-22(24(33)34)30-32-31-23)13-15-1-5-17(6-2-15)18-7-11-20(12-8-18)36-25(27,28)29;3-2(4,5)1(6)7/h1-12,21H,13-14H2,(H,33,34)(H,30,31,32);(H,6,7). The van der Waals surface area contributed by atoms with Crippen LogP contribution in [0.2, 0.25) is 5.02 Å². The number of benzene rings is 3. The number of hydrogen-bond acceptors (Lipinski definition) is 6. The molecule has 0 aliphatic heterocycles. The number of aromatic amines is 1. The highest BCUT2D eigenvalue weighted by molar-refractivity contribution is 6.30. The number of carbonyl (C=O) groups is 2. The van der Waals surface area contributed by atoms with Crippen LogP contribution in [0.4, 0.5) is 26.3 Å². The molecule has 0 fully saturated rings. The van der Waals surface area contributed by atoms with Gasteiger partial charge in [-0.05, 0) is 46.5 Å². The Hall–Kier alpha value is -4.79. The number of ether oxygens (including phenoxy) is 2. The van der Waals surface area contributed by atoms with Crippen molar-refractivity contribution in [2.75, 3.05) is 0 Å². The number of carboxylic acids is 2. The molecule has 16 heteroatoms. The van der Waals surface area contributed by atoms with Crippen molar-refractivity contribution < 1.29 is 55.6 Å². The molecule has 1 aromatic heterocycles. The summed E-state index contributed by atoms with van der Waals surface area (Å²) < 4.78 is 78.7. The third-order valence-electron chi connectivity index (χ3n) is 5.47. The zero-order valence-corrected chi connectivity index (χ0v) is 22.2. The van der Waals surface area contributed by atoms with E-state index in [0.29, 0.717) is 17.9 Å². The van der Waals surface area contributed by atoms with Crippen molar-refractivity contribution in [1.82, 2.24) is 15.4 Å². The first kappa shape index (κ1) is 32.7. The van der Waals surface area contributed by atoms with Gasteiger partial charge in [0.1, 0.15) is 11.9 Å². The molecule has 1 atom stereocenters. The molecule has 1 heterocycles. The molecule has 228 valence electrons. The van der Waals surface area contributed by atoms with Gasteiger partial charge in [0.15, 0.2) is 0 Å². The Morgan fingerprint density at radius 1 is 0.814 bits per heavy atom. The van der Waals surface area contributed by atoms with Crippen molar-refractivity contribution in [1.29, 1.82) is 0 Å². The number of aromatic nitrogens is 3. The third kappa shape index (κ3) is 10.5. The monoisotopic (exact) mass is 631 g/mol. The minimum absolute atomic E-state index is 0.112. The van der Waals surface area contributed by atoms with Crippen molar-refractivity contribution >= 4 is 23.5 Å². The van der Waals surface area contributed by atoms with Crippen LogP contribution in [-0.2, 0) is 17.6 Å². The molecular weight excluding hydrogens is 612 g/mol. The number of rotatable bonds is 9. The van der Waals surface area contributed by atoms with Gasteiger partial charge in [-0.15, -0.1) is 13.2 Å². The topological polar surface area (TPSA) is 135 Å². The predicted molar refractivity (Wildman–Crippen MR) is 139 cm³/mol. The van der Waals surface area contributed by atoms with Gasteiger partial charge in [-0.3, -0.25) is 0 Å². The van der Waals surface area contributed by atoms with E-state index in [1.807, 2.05) is 36.4 Å². The Balaban J connectivity index is 0.000000646. The zero-order chi connectivity index (χ0) is 31.8. The van der Waals surface area contributed by atoms with Gasteiger partial charge >= 0.3 is 24.5 Å². The summed E-state index contributed by atoms with van der Waals surface area (Å²) in [5, 5.41) is 26.6. The molecule has 3 aromatic carbocycles. The maximum atomic E-state index is 12.4. The lowest BCUT2D eigenvalue weighted by molar-refractivity contribution is -0.274. The lowest BCUT2D eigenvalue weighted by atomic mass is 9.98. The number of carboxylic acid groups (broad SMARTS) is 2. The summed E-state index contributed by atoms with van der Waals surface area (Å²) >= 11 is 5.98. The van der Waals surface area contributed by atoms with E-state index in [0.717, 1.165) is 22.3 Å². The molecule has 0 radical (unpaired) electrons. The summed E-state index contributed by atoms with van der Waals surface area (Å²) in [6.07, 6.45) is -9.43. The fraction of sp³-hybridized carbons (Fsp3) is 0.185. The summed E-state index contributed by atoms with van der Waals surface area (Å²) in [4.78, 5) is 20.3. The van der Waals surface area contributed by atoms with Crippen molar-refractivity contribution in [2.45, 2.75) is 31.5 Å². The van der Waals surface area contributed by atoms with Gasteiger partial charge in [0, 0.05) is 17.9 Å². The second-order valence-electron chi connectivity index (χ2n) is 8.64. The van der Waals surface area contributed by atoms with Crippen molar-refractivity contribution in [3.05, 3.63) is 94.6 Å². The molecule has 0 bridgehead atoms. The van der Waals surface area contributed by atoms with Crippen LogP contribution in [0.1, 0.15) is 21.6 Å². The molecule has 0 saturated heterocycles. The molecule has 0 aliphatic rings. The molecule has 43 heavy (non-hydrogen) atoms. The van der Waals surface area contributed by atoms with Gasteiger partial charge in [-0.25, -0.2) is 14.7 Å². The van der Waals surface area contributed by atoms with E-state index in [2.05, 4.69) is 20.1 Å². The quantitative estimate of drug-likeness (QED) is 0.176. The number of hydrogen-bond donors (Lipinski definition) is 3. The van der Waals surface area contributed by atoms with Crippen molar-refractivity contribution in [2.24, 2.45) is 0 Å². The van der Waals surface area contributed by atoms with Crippen molar-refractivity contribution in [3.8, 4) is 22.8 Å². The summed E-state index contributed by atoms with van der Waals surface area (Å²) in [6, 6.07) is 20.2. The van der Waals surface area contributed by atoms with E-state index in [1.165, 1.54) is 12.1 Å². The van der Waals surface area contributed by atoms with Crippen LogP contribution in [0, 0.1) is 0 Å². The largest absolute Gasteiger partial charge is 0.573 e. The van der Waals surface area contributed by atoms with Crippen molar-refractivity contribution in [3.63, 3.8) is 0 Å². The molecule has 4 aromatic rings. The van der Waals surface area contributed by atoms with Crippen LogP contribution in [0.15, 0.2) is 72.8 Å². The van der Waals surface area contributed by atoms with Gasteiger partial charge in [-0.1, -0.05) is 70.4 Å². The first-order valence-corrected chi connectivity index (χ1v) is 12.3. The van der Waals surface area contributed by atoms with E-state index in [4.69, 9.17) is 26.2 Å². The normalized spacial score (nSPS) is 12.1. The predicted octanol–water partition coefficient (Wildman–Crippen LogP) is 6.59. The Morgan fingerprint density at radius 3 is 1.72 bits per heavy atom. The number of nitrogens with zero attached hydrogens (tertiary/aromatic N) is 2. The second kappa shape index (κ2) is 13.9. The fourth-order valence-electron chi connectivity index (χ4n) is 3.58. The Kier molecular flexibility index (Phi) is 10.6. The SMILES string of the molecule is O=C(O)C(F)(F)F.O=C(O)c1[nH]nnc1OC(Cc1ccc(Cl)cc1)Cc1ccc(-c2ccc(OC(F)(F)F)cc2)cc1. The lowest BCUT2D eigenvalue weighted by Crippen LogP contribution is -2.23. The second-order valence-corrected chi connectivity index (χ2v) is 9.08. The summed E-state index contributed by atoms with van der Waals surface area (Å²) in [7, 11) is 0. The third-order valence-corrected chi connectivity index (χ3v) is 5.72. The highest BCUT2D eigenvalue weighted by atomic mass is 35.5. The van der Waals surface area contributed by atoms with E-state index in [1.54, 1.807) is 24.3 Å². The van der Waals surface area contributed by atoms with Crippen LogP contribution in [0.5, 0.6) is 11.6 Å². The molecule has 0 spiro atoms. The Morgan fingerprint density at radius 2 is 1.28 bits per heavy atom. The number of alkyl halides is 6. The minimum atomic E-state index is -5.08. The van der Waals surface area contributed by atoms with Gasteiger partial charge in [0.2, 0.25) is 5.69 Å². The van der Waals surface area contributed by atoms with Crippen LogP contribution < -0.4 is 9.47 Å². The highest BCUT2D eigenvalue weighted by Crippen LogP contribution is 2.27. The van der Waals surface area contributed by atoms with E-state index >= 15 is 0 Å². The summed E-state index contributed by atoms with van der Waals surface area (Å²) in [6.45, 7) is 0. The van der Waals surface area contributed by atoms with Crippen LogP contribution in [-0.4, -0.2) is 56.2 Å². The molecule has 0 aliphatic carbocycles. The highest BCUT2D eigenvalue weighted by Gasteiger charge is 2.38. The van der Waals surface area contributed by atoms with Crippen LogP contribution in [0.25, 0.3) is 11.1 Å². The average molecular weight is 632 g/mol. The van der Waals surface area contributed by atoms with Gasteiger partial charge in [0.05, 0.1) is 0 Å². The number of H-pyrrole nitrogens is 1. The smallest absolute Gasteiger partial charge is 0.476 e. The number of nitrogens with one attached hydrogen (secondary N) is 1. The van der Waals surface area contributed by atoms with Gasteiger partial charge in [-0.2, -0.15) is 13.2 Å². The molecule has 0 saturated carbocycles. The first-order chi connectivity index (χ1) is 20.1. The van der Waals surface area contributed by atoms with Crippen LogP contribution >= 0.6 is 11.6 Å². The average Bonchev–Trinajstić information content (AvgIpc) is 3.38. The number of aromatic carboxylic acids is 1. The maximum Gasteiger partial charge on any atom is 0.573 e. The molecule has 1 unspecified atom stereocenters. The zero-order valence-electron chi connectivity index (χ0n) is 21.5. The van der Waals surface area contributed by atoms with E-state index < -0.39 is 30.6 Å². The van der Waals surface area contributed by atoms with Crippen LogP contribution in [0.3, 0.4) is 0 Å². The van der Waals surface area contributed by atoms with E-state index in [-0.39, 0.29) is 17.3 Å². The summed E-state index contributed by atoms with van der Waals surface area (Å²) in [5.74, 6) is -4.40. The molecule has 3 N–H and O–H groups in total. The molecular formula is C27H20ClF6N3O6. The molecule has 4 rings (SSSR count). The lowest BCUT2D eigenvalue weighted by Gasteiger charge is -2.18. The summed E-state index contributed by atoms with van der Waals surface area (Å²) in [5.41, 5.74) is 3.11. The maximum absolute atomic E-state index is 12.4. The molecule has 0 amide bonds. The fourth-order valence-corrected chi connectivity index (χ4v) is 3.71. The van der Waals surface area contributed by atoms with Gasteiger partial charge in [0.25, 0.3) is 5.88 Å².